The quantitative estimate of drug-likeness (QED) is 0.590. The first-order valence-electron chi connectivity index (χ1n) is 5.99. The second kappa shape index (κ2) is 6.23. The molecule has 7 heteroatoms. The Kier molecular flexibility index (Phi) is 4.94. The summed E-state index contributed by atoms with van der Waals surface area (Å²) >= 11 is 0. The first kappa shape index (κ1) is 14.3. The molecule has 1 saturated heterocycles. The average Bonchev–Trinajstić information content (AvgIpc) is 2.66. The molecule has 18 heavy (non-hydrogen) atoms. The number of nitrogens with zero attached hydrogens (tertiary/aromatic N) is 1. The van der Waals surface area contributed by atoms with Gasteiger partial charge in [0.2, 0.25) is 5.91 Å². The van der Waals surface area contributed by atoms with Gasteiger partial charge in [0.05, 0.1) is 5.92 Å². The molecule has 1 aliphatic rings. The van der Waals surface area contributed by atoms with Crippen molar-refractivity contribution in [2.45, 2.75) is 32.2 Å². The van der Waals surface area contributed by atoms with Gasteiger partial charge in [0, 0.05) is 25.6 Å². The Balaban J connectivity index is 2.35. The molecule has 7 nitrogen and oxygen atoms in total. The van der Waals surface area contributed by atoms with Gasteiger partial charge in [0.15, 0.2) is 0 Å². The molecule has 3 amide bonds. The van der Waals surface area contributed by atoms with Crippen molar-refractivity contribution in [1.29, 1.82) is 0 Å². The summed E-state index contributed by atoms with van der Waals surface area (Å²) in [6, 6.07) is -0.589. The number of amides is 3. The molecule has 0 bridgehead atoms. The molecule has 102 valence electrons. The zero-order chi connectivity index (χ0) is 13.7. The normalized spacial score (nSPS) is 22.8. The van der Waals surface area contributed by atoms with Gasteiger partial charge in [-0.15, -0.1) is 0 Å². The zero-order valence-electron chi connectivity index (χ0n) is 10.4. The maximum atomic E-state index is 11.8. The number of nitrogens with two attached hydrogens (primary N) is 1. The predicted molar refractivity (Wildman–Crippen MR) is 63.7 cm³/mol. The molecule has 4 N–H and O–H groups in total. The lowest BCUT2D eigenvalue weighted by Gasteiger charge is -2.23. The Morgan fingerprint density at radius 3 is 2.61 bits per heavy atom. The Hall–Kier alpha value is -1.79. The Labute approximate surface area is 105 Å². The highest BCUT2D eigenvalue weighted by Gasteiger charge is 2.37. The van der Waals surface area contributed by atoms with E-state index in [-0.39, 0.29) is 18.5 Å². The molecule has 2 atom stereocenters. The van der Waals surface area contributed by atoms with E-state index in [9.17, 15) is 14.4 Å². The highest BCUT2D eigenvalue weighted by atomic mass is 16.4. The highest BCUT2D eigenvalue weighted by molar-refractivity contribution is 5.78. The number of rotatable bonds is 5. The van der Waals surface area contributed by atoms with E-state index in [1.807, 2.05) is 0 Å². The molecule has 0 aromatic rings. The van der Waals surface area contributed by atoms with Crippen molar-refractivity contribution >= 4 is 17.9 Å². The third-order valence-corrected chi connectivity index (χ3v) is 3.21. The minimum absolute atomic E-state index is 0.230. The third kappa shape index (κ3) is 3.61. The largest absolute Gasteiger partial charge is 0.481 e. The first-order chi connectivity index (χ1) is 8.43. The third-order valence-electron chi connectivity index (χ3n) is 3.21. The second-order valence-electron chi connectivity index (χ2n) is 4.47. The van der Waals surface area contributed by atoms with Crippen LogP contribution in [0.4, 0.5) is 4.79 Å². The molecular formula is C11H19N3O4. The highest BCUT2D eigenvalue weighted by Crippen LogP contribution is 2.24. The molecule has 1 fully saturated rings. The number of hydrogen-bond acceptors (Lipinski definition) is 3. The van der Waals surface area contributed by atoms with Gasteiger partial charge in [-0.3, -0.25) is 9.59 Å². The van der Waals surface area contributed by atoms with Crippen molar-refractivity contribution in [3.05, 3.63) is 0 Å². The van der Waals surface area contributed by atoms with Crippen molar-refractivity contribution in [1.82, 2.24) is 10.2 Å². The number of carboxylic acid groups (broad SMARTS) is 1. The van der Waals surface area contributed by atoms with Gasteiger partial charge in [-0.05, 0) is 19.8 Å². The van der Waals surface area contributed by atoms with Crippen molar-refractivity contribution in [2.75, 3.05) is 13.1 Å². The SMILES string of the molecule is CC1C(C(=O)O)CCN1C(=O)NCCCC(N)=O. The topological polar surface area (TPSA) is 113 Å². The summed E-state index contributed by atoms with van der Waals surface area (Å²) in [6.45, 7) is 2.54. The Bertz CT molecular complexity index is 345. The van der Waals surface area contributed by atoms with Crippen LogP contribution in [-0.2, 0) is 9.59 Å². The van der Waals surface area contributed by atoms with Crippen molar-refractivity contribution in [2.24, 2.45) is 11.7 Å². The molecule has 0 aromatic heterocycles. The maximum Gasteiger partial charge on any atom is 0.317 e. The standard InChI is InChI=1S/C11H19N3O4/c1-7-8(10(16)17)4-6-14(7)11(18)13-5-2-3-9(12)15/h7-8H,2-6H2,1H3,(H2,12,15)(H,13,18)(H,16,17). The number of urea groups is 1. The molecule has 0 saturated carbocycles. The molecule has 0 aliphatic carbocycles. The van der Waals surface area contributed by atoms with Crippen molar-refractivity contribution < 1.29 is 19.5 Å². The monoisotopic (exact) mass is 257 g/mol. The molecule has 0 radical (unpaired) electrons. The van der Waals surface area contributed by atoms with Crippen LogP contribution >= 0.6 is 0 Å². The van der Waals surface area contributed by atoms with E-state index in [1.165, 1.54) is 4.90 Å². The minimum atomic E-state index is -0.869. The van der Waals surface area contributed by atoms with Gasteiger partial charge < -0.3 is 21.1 Å². The predicted octanol–water partition coefficient (Wildman–Crippen LogP) is -0.243. The van der Waals surface area contributed by atoms with Crippen LogP contribution in [0.15, 0.2) is 0 Å². The van der Waals surface area contributed by atoms with E-state index in [0.29, 0.717) is 25.9 Å². The van der Waals surface area contributed by atoms with Crippen molar-refractivity contribution in [3.63, 3.8) is 0 Å². The molecule has 1 aliphatic heterocycles. The lowest BCUT2D eigenvalue weighted by molar-refractivity contribution is -0.142. The van der Waals surface area contributed by atoms with Crippen LogP contribution in [0.1, 0.15) is 26.2 Å². The van der Waals surface area contributed by atoms with Crippen LogP contribution in [0.25, 0.3) is 0 Å². The van der Waals surface area contributed by atoms with Gasteiger partial charge in [-0.1, -0.05) is 0 Å². The summed E-state index contributed by atoms with van der Waals surface area (Å²) in [7, 11) is 0. The van der Waals surface area contributed by atoms with Crippen LogP contribution in [0.2, 0.25) is 0 Å². The molecule has 1 rings (SSSR count). The van der Waals surface area contributed by atoms with E-state index in [2.05, 4.69) is 5.32 Å². The summed E-state index contributed by atoms with van der Waals surface area (Å²) < 4.78 is 0. The van der Waals surface area contributed by atoms with Crippen LogP contribution in [0.5, 0.6) is 0 Å². The van der Waals surface area contributed by atoms with E-state index in [1.54, 1.807) is 6.92 Å². The van der Waals surface area contributed by atoms with Gasteiger partial charge in [0.25, 0.3) is 0 Å². The summed E-state index contributed by atoms with van der Waals surface area (Å²) in [6.07, 6.45) is 1.20. The summed E-state index contributed by atoms with van der Waals surface area (Å²) in [5.74, 6) is -1.77. The van der Waals surface area contributed by atoms with Gasteiger partial charge in [-0.2, -0.15) is 0 Å². The number of carboxylic acids is 1. The first-order valence-corrected chi connectivity index (χ1v) is 5.99. The lowest BCUT2D eigenvalue weighted by Crippen LogP contribution is -2.44. The number of likely N-dealkylation sites (tertiary alicyclic amines) is 1. The van der Waals surface area contributed by atoms with Crippen LogP contribution in [-0.4, -0.2) is 47.0 Å². The number of nitrogens with one attached hydrogen (secondary N) is 1. The van der Waals surface area contributed by atoms with E-state index < -0.39 is 17.8 Å². The second-order valence-corrected chi connectivity index (χ2v) is 4.47. The van der Waals surface area contributed by atoms with E-state index in [4.69, 9.17) is 10.8 Å². The molecular weight excluding hydrogens is 238 g/mol. The molecule has 2 unspecified atom stereocenters. The summed E-state index contributed by atoms with van der Waals surface area (Å²) in [5, 5.41) is 11.6. The van der Waals surface area contributed by atoms with Gasteiger partial charge >= 0.3 is 12.0 Å². The number of hydrogen-bond donors (Lipinski definition) is 3. The number of carbonyl (C=O) groups is 3. The fourth-order valence-corrected chi connectivity index (χ4v) is 2.12. The number of carbonyl (C=O) groups excluding carboxylic acids is 2. The molecule has 0 spiro atoms. The number of primary amides is 1. The zero-order valence-corrected chi connectivity index (χ0v) is 10.4. The van der Waals surface area contributed by atoms with E-state index >= 15 is 0 Å². The average molecular weight is 257 g/mol. The van der Waals surface area contributed by atoms with E-state index in [0.717, 1.165) is 0 Å². The summed E-state index contributed by atoms with van der Waals surface area (Å²) in [4.78, 5) is 34.7. The van der Waals surface area contributed by atoms with Gasteiger partial charge in [0.1, 0.15) is 0 Å². The fraction of sp³-hybridized carbons (Fsp3) is 0.727. The molecule has 0 aromatic carbocycles. The smallest absolute Gasteiger partial charge is 0.317 e. The summed E-state index contributed by atoms with van der Waals surface area (Å²) in [5.41, 5.74) is 4.98. The fourth-order valence-electron chi connectivity index (χ4n) is 2.12. The molecule has 1 heterocycles. The number of aliphatic carboxylic acids is 1. The van der Waals surface area contributed by atoms with Crippen LogP contribution in [0, 0.1) is 5.92 Å². The van der Waals surface area contributed by atoms with Crippen molar-refractivity contribution in [3.8, 4) is 0 Å². The Morgan fingerprint density at radius 1 is 1.44 bits per heavy atom. The van der Waals surface area contributed by atoms with Crippen LogP contribution in [0.3, 0.4) is 0 Å². The minimum Gasteiger partial charge on any atom is -0.481 e. The Morgan fingerprint density at radius 2 is 2.11 bits per heavy atom. The maximum absolute atomic E-state index is 11.8. The lowest BCUT2D eigenvalue weighted by atomic mass is 10.0. The van der Waals surface area contributed by atoms with Gasteiger partial charge in [-0.25, -0.2) is 4.79 Å². The van der Waals surface area contributed by atoms with Crippen LogP contribution < -0.4 is 11.1 Å².